The van der Waals surface area contributed by atoms with E-state index in [0.717, 1.165) is 23.1 Å². The summed E-state index contributed by atoms with van der Waals surface area (Å²) in [6.45, 7) is 2.44. The Hall–Kier alpha value is -2.81. The van der Waals surface area contributed by atoms with Gasteiger partial charge in [0.25, 0.3) is 5.91 Å². The zero-order valence-corrected chi connectivity index (χ0v) is 15.3. The number of carbonyl (C=O) groups is 2. The molecule has 1 atom stereocenters. The van der Waals surface area contributed by atoms with Gasteiger partial charge in [-0.15, -0.1) is 11.3 Å². The van der Waals surface area contributed by atoms with Gasteiger partial charge in [0.2, 0.25) is 5.91 Å². The number of hydrogen-bond donors (Lipinski definition) is 1. The molecule has 1 aliphatic heterocycles. The van der Waals surface area contributed by atoms with Crippen LogP contribution in [0, 0.1) is 6.92 Å². The Balaban J connectivity index is 1.58. The molecule has 0 bridgehead atoms. The van der Waals surface area contributed by atoms with Gasteiger partial charge in [-0.3, -0.25) is 14.3 Å². The van der Waals surface area contributed by atoms with Crippen molar-refractivity contribution in [2.75, 3.05) is 11.9 Å². The van der Waals surface area contributed by atoms with Crippen LogP contribution in [0.5, 0.6) is 0 Å². The Morgan fingerprint density at radius 3 is 2.96 bits per heavy atom. The molecule has 0 radical (unpaired) electrons. The quantitative estimate of drug-likeness (QED) is 0.761. The molecular weight excluding hydrogens is 352 g/mol. The van der Waals surface area contributed by atoms with Crippen LogP contribution in [0.4, 0.5) is 5.13 Å². The topological polar surface area (TPSA) is 93.0 Å². The van der Waals surface area contributed by atoms with E-state index in [4.69, 9.17) is 0 Å². The van der Waals surface area contributed by atoms with Crippen molar-refractivity contribution in [2.24, 2.45) is 7.05 Å². The molecule has 0 aliphatic carbocycles. The fourth-order valence-electron chi connectivity index (χ4n) is 3.35. The molecule has 0 saturated carbocycles. The number of likely N-dealkylation sites (tertiary alicyclic amines) is 1. The molecule has 26 heavy (non-hydrogen) atoms. The minimum atomic E-state index is -0.489. The highest BCUT2D eigenvalue weighted by molar-refractivity contribution is 7.13. The summed E-state index contributed by atoms with van der Waals surface area (Å²) < 4.78 is 1.69. The van der Waals surface area contributed by atoms with Gasteiger partial charge in [-0.1, -0.05) is 0 Å². The summed E-state index contributed by atoms with van der Waals surface area (Å²) >= 11 is 1.36. The Kier molecular flexibility index (Phi) is 4.15. The lowest BCUT2D eigenvalue weighted by Crippen LogP contribution is -2.43. The van der Waals surface area contributed by atoms with Crippen LogP contribution in [0.25, 0.3) is 11.0 Å². The number of hydrogen-bond acceptors (Lipinski definition) is 6. The fraction of sp³-hybridized carbons (Fsp3) is 0.353. The van der Waals surface area contributed by atoms with Gasteiger partial charge >= 0.3 is 0 Å². The predicted molar refractivity (Wildman–Crippen MR) is 98.0 cm³/mol. The van der Waals surface area contributed by atoms with Gasteiger partial charge in [-0.2, -0.15) is 5.10 Å². The second-order valence-electron chi connectivity index (χ2n) is 6.29. The van der Waals surface area contributed by atoms with E-state index in [1.165, 1.54) is 11.3 Å². The second-order valence-corrected chi connectivity index (χ2v) is 7.18. The first-order valence-corrected chi connectivity index (χ1v) is 9.23. The van der Waals surface area contributed by atoms with Crippen LogP contribution in [0.3, 0.4) is 0 Å². The summed E-state index contributed by atoms with van der Waals surface area (Å²) in [5.41, 5.74) is 2.03. The first-order chi connectivity index (χ1) is 12.5. The van der Waals surface area contributed by atoms with Gasteiger partial charge in [0, 0.05) is 36.8 Å². The van der Waals surface area contributed by atoms with Crippen LogP contribution < -0.4 is 5.32 Å². The molecule has 2 amide bonds. The number of anilines is 1. The Labute approximate surface area is 153 Å². The maximum absolute atomic E-state index is 13.0. The number of rotatable bonds is 3. The largest absolute Gasteiger partial charge is 0.327 e. The molecule has 0 spiro atoms. The Morgan fingerprint density at radius 1 is 1.35 bits per heavy atom. The molecule has 8 nitrogen and oxygen atoms in total. The molecule has 1 saturated heterocycles. The summed E-state index contributed by atoms with van der Waals surface area (Å²) in [7, 11) is 1.82. The molecule has 4 rings (SSSR count). The Bertz CT molecular complexity index is 981. The minimum Gasteiger partial charge on any atom is -0.327 e. The number of aromatic nitrogens is 4. The fourth-order valence-corrected chi connectivity index (χ4v) is 3.88. The van der Waals surface area contributed by atoms with E-state index < -0.39 is 6.04 Å². The highest BCUT2D eigenvalue weighted by Gasteiger charge is 2.35. The normalized spacial score (nSPS) is 17.0. The minimum absolute atomic E-state index is 0.181. The third-order valence-corrected chi connectivity index (χ3v) is 5.28. The van der Waals surface area contributed by atoms with Gasteiger partial charge in [0.1, 0.15) is 6.04 Å². The van der Waals surface area contributed by atoms with Crippen LogP contribution in [0.2, 0.25) is 0 Å². The first kappa shape index (κ1) is 16.6. The van der Waals surface area contributed by atoms with E-state index in [1.807, 2.05) is 14.0 Å². The molecule has 3 aromatic rings. The van der Waals surface area contributed by atoms with Crippen molar-refractivity contribution in [3.63, 3.8) is 0 Å². The van der Waals surface area contributed by atoms with Gasteiger partial charge in [-0.05, 0) is 25.8 Å². The number of nitrogens with zero attached hydrogens (tertiary/aromatic N) is 5. The monoisotopic (exact) mass is 370 g/mol. The van der Waals surface area contributed by atoms with Crippen molar-refractivity contribution in [3.8, 4) is 0 Å². The number of carbonyl (C=O) groups excluding carboxylic acids is 2. The van der Waals surface area contributed by atoms with E-state index in [0.29, 0.717) is 23.7 Å². The number of aryl methyl sites for hydroxylation is 2. The predicted octanol–water partition coefficient (Wildman–Crippen LogP) is 1.98. The van der Waals surface area contributed by atoms with Crippen LogP contribution in [0.1, 0.15) is 28.9 Å². The number of pyridine rings is 1. The van der Waals surface area contributed by atoms with E-state index in [-0.39, 0.29) is 11.8 Å². The third-order valence-electron chi connectivity index (χ3n) is 4.59. The van der Waals surface area contributed by atoms with Crippen LogP contribution in [-0.2, 0) is 11.8 Å². The second kappa shape index (κ2) is 6.49. The van der Waals surface area contributed by atoms with Crippen molar-refractivity contribution in [3.05, 3.63) is 35.1 Å². The third kappa shape index (κ3) is 2.84. The van der Waals surface area contributed by atoms with E-state index in [9.17, 15) is 9.59 Å². The SMILES string of the molecule is Cc1nn(C)c2ncc(C(=O)N3CCCC3C(=O)Nc3nccs3)cc12. The van der Waals surface area contributed by atoms with Crippen LogP contribution in [-0.4, -0.2) is 49.0 Å². The zero-order chi connectivity index (χ0) is 18.3. The lowest BCUT2D eigenvalue weighted by Gasteiger charge is -2.23. The lowest BCUT2D eigenvalue weighted by atomic mass is 10.1. The van der Waals surface area contributed by atoms with Crippen LogP contribution in [0.15, 0.2) is 23.8 Å². The average Bonchev–Trinajstić information content (AvgIpc) is 3.36. The van der Waals surface area contributed by atoms with Crippen molar-refractivity contribution in [1.82, 2.24) is 24.6 Å². The highest BCUT2D eigenvalue weighted by Crippen LogP contribution is 2.24. The van der Waals surface area contributed by atoms with Gasteiger partial charge < -0.3 is 10.2 Å². The smallest absolute Gasteiger partial charge is 0.256 e. The number of nitrogens with one attached hydrogen (secondary N) is 1. The molecule has 134 valence electrons. The van der Waals surface area contributed by atoms with Gasteiger partial charge in [0.05, 0.1) is 11.3 Å². The van der Waals surface area contributed by atoms with Gasteiger partial charge in [0.15, 0.2) is 10.8 Å². The molecule has 0 aromatic carbocycles. The highest BCUT2D eigenvalue weighted by atomic mass is 32.1. The molecule has 1 aliphatic rings. The number of amides is 2. The summed E-state index contributed by atoms with van der Waals surface area (Å²) in [6.07, 6.45) is 4.63. The summed E-state index contributed by atoms with van der Waals surface area (Å²) in [5.74, 6) is -0.378. The molecule has 1 N–H and O–H groups in total. The van der Waals surface area contributed by atoms with Crippen LogP contribution >= 0.6 is 11.3 Å². The standard InChI is InChI=1S/C17H18N6O2S/c1-10-12-8-11(9-19-14(12)22(2)21-10)16(25)23-6-3-4-13(23)15(24)20-17-18-5-7-26-17/h5,7-9,13H,3-4,6H2,1-2H3,(H,18,20,24). The van der Waals surface area contributed by atoms with Crippen molar-refractivity contribution >= 4 is 39.3 Å². The number of fused-ring (bicyclic) bond motifs is 1. The molecule has 4 heterocycles. The summed E-state index contributed by atoms with van der Waals surface area (Å²) in [4.78, 5) is 35.6. The summed E-state index contributed by atoms with van der Waals surface area (Å²) in [5, 5.41) is 10.3. The Morgan fingerprint density at radius 2 is 2.19 bits per heavy atom. The van der Waals surface area contributed by atoms with E-state index in [2.05, 4.69) is 20.4 Å². The zero-order valence-electron chi connectivity index (χ0n) is 14.5. The van der Waals surface area contributed by atoms with Crippen molar-refractivity contribution < 1.29 is 9.59 Å². The lowest BCUT2D eigenvalue weighted by molar-refractivity contribution is -0.119. The molecule has 1 unspecified atom stereocenters. The maximum atomic E-state index is 13.0. The van der Waals surface area contributed by atoms with E-state index >= 15 is 0 Å². The maximum Gasteiger partial charge on any atom is 0.256 e. The average molecular weight is 370 g/mol. The van der Waals surface area contributed by atoms with Crippen molar-refractivity contribution in [2.45, 2.75) is 25.8 Å². The van der Waals surface area contributed by atoms with Gasteiger partial charge in [-0.25, -0.2) is 9.97 Å². The van der Waals surface area contributed by atoms with Crippen molar-refractivity contribution in [1.29, 1.82) is 0 Å². The van der Waals surface area contributed by atoms with E-state index in [1.54, 1.807) is 33.4 Å². The molecular formula is C17H18N6O2S. The molecule has 1 fully saturated rings. The summed E-state index contributed by atoms with van der Waals surface area (Å²) in [6, 6.07) is 1.32. The molecule has 9 heteroatoms. The number of thiazole rings is 1. The first-order valence-electron chi connectivity index (χ1n) is 8.35. The molecule has 3 aromatic heterocycles.